The minimum absolute atomic E-state index is 0.0856. The van der Waals surface area contributed by atoms with Crippen molar-refractivity contribution in [2.24, 2.45) is 5.41 Å². The van der Waals surface area contributed by atoms with E-state index in [9.17, 15) is 38.4 Å². The van der Waals surface area contributed by atoms with E-state index in [0.717, 1.165) is 0 Å². The average molecular weight is 1020 g/mol. The lowest BCUT2D eigenvalue weighted by Gasteiger charge is -2.30. The molecule has 0 amide bonds. The zero-order valence-corrected chi connectivity index (χ0v) is 40.7. The normalized spacial score (nSPS) is 10.8. The molecule has 24 nitrogen and oxygen atoms in total. The molecular formula is C49H52O24. The van der Waals surface area contributed by atoms with Crippen LogP contribution in [0, 0.1) is 5.41 Å². The lowest BCUT2D eigenvalue weighted by atomic mass is 9.92. The summed E-state index contributed by atoms with van der Waals surface area (Å²) >= 11 is 0. The van der Waals surface area contributed by atoms with Crippen LogP contribution in [0.1, 0.15) is 96.8 Å². The Balaban J connectivity index is 1.51. The largest absolute Gasteiger partial charge is 0.549 e. The fourth-order valence-electron chi connectivity index (χ4n) is 5.44. The summed E-state index contributed by atoms with van der Waals surface area (Å²) in [4.78, 5) is 138. The maximum absolute atomic E-state index is 12.8. The molecule has 0 atom stereocenters. The van der Waals surface area contributed by atoms with Gasteiger partial charge >= 0.3 is 48.5 Å². The van der Waals surface area contributed by atoms with Crippen LogP contribution >= 0.6 is 0 Å². The average Bonchev–Trinajstić information content (AvgIpc) is 3.35. The fraction of sp³-hybridized carbons (Fsp3) is 0.347. The Morgan fingerprint density at radius 1 is 0.301 bits per heavy atom. The van der Waals surface area contributed by atoms with E-state index in [2.05, 4.69) is 39.1 Å². The third kappa shape index (κ3) is 20.5. The standard InChI is InChI=1S/C49H52O24/c1-29(2)62-37-17-9-33(10-18-37)41(50)66-70-45(54)58-25-49(26-59-46(55)71-67-42(51)34-11-19-38(20-12-34)63-30(3)4,27-60-47(56)72-68-43(52)35-13-21-39(22-14-35)64-31(5)6)28-61-48(57)73-69-44(53)36-15-23-40(24-16-36)65-32(7)8/h9-24,29-32H,25-28H2,1-8H3. The monoisotopic (exact) mass is 1020 g/mol. The van der Waals surface area contributed by atoms with Gasteiger partial charge in [0.15, 0.2) is 0 Å². The Kier molecular flexibility index (Phi) is 21.7. The van der Waals surface area contributed by atoms with E-state index in [-0.39, 0.29) is 46.7 Å². The molecule has 0 N–H and O–H groups in total. The van der Waals surface area contributed by atoms with Crippen molar-refractivity contribution in [1.29, 1.82) is 0 Å². The van der Waals surface area contributed by atoms with Gasteiger partial charge in [0.25, 0.3) is 0 Å². The second-order valence-electron chi connectivity index (χ2n) is 16.2. The van der Waals surface area contributed by atoms with E-state index in [1.165, 1.54) is 97.1 Å². The van der Waals surface area contributed by atoms with Gasteiger partial charge in [-0.1, -0.05) is 0 Å². The lowest BCUT2D eigenvalue weighted by Crippen LogP contribution is -2.44. The van der Waals surface area contributed by atoms with Gasteiger partial charge in [-0.05, 0) is 152 Å². The van der Waals surface area contributed by atoms with Gasteiger partial charge in [-0.15, -0.1) is 0 Å². The molecule has 4 aromatic rings. The quantitative estimate of drug-likeness (QED) is 0.0345. The molecule has 24 heteroatoms. The lowest BCUT2D eigenvalue weighted by molar-refractivity contribution is -0.223. The van der Waals surface area contributed by atoms with Crippen molar-refractivity contribution >= 4 is 48.5 Å². The summed E-state index contributed by atoms with van der Waals surface area (Å²) < 4.78 is 42.4. The second-order valence-corrected chi connectivity index (χ2v) is 16.2. The highest BCUT2D eigenvalue weighted by molar-refractivity contribution is 5.91. The van der Waals surface area contributed by atoms with Crippen LogP contribution in [-0.4, -0.2) is 99.3 Å². The second kappa shape index (κ2) is 28.0. The van der Waals surface area contributed by atoms with Gasteiger partial charge in [0.2, 0.25) is 0 Å². The number of ether oxygens (including phenoxy) is 8. The highest BCUT2D eigenvalue weighted by atomic mass is 17.3. The molecule has 0 spiro atoms. The van der Waals surface area contributed by atoms with Crippen LogP contribution in [0.25, 0.3) is 0 Å². The van der Waals surface area contributed by atoms with E-state index in [1.54, 1.807) is 55.4 Å². The van der Waals surface area contributed by atoms with Gasteiger partial charge in [0.05, 0.1) is 46.7 Å². The van der Waals surface area contributed by atoms with E-state index in [0.29, 0.717) is 23.0 Å². The molecule has 0 saturated heterocycles. The van der Waals surface area contributed by atoms with Crippen molar-refractivity contribution < 1.29 is 115 Å². The van der Waals surface area contributed by atoms with E-state index in [4.69, 9.17) is 37.9 Å². The van der Waals surface area contributed by atoms with Gasteiger partial charge in [0.1, 0.15) is 54.8 Å². The van der Waals surface area contributed by atoms with Crippen molar-refractivity contribution in [1.82, 2.24) is 0 Å². The zero-order chi connectivity index (χ0) is 53.5. The first kappa shape index (κ1) is 56.6. The number of hydrogen-bond acceptors (Lipinski definition) is 24. The molecule has 0 aliphatic rings. The first-order valence-electron chi connectivity index (χ1n) is 22.0. The van der Waals surface area contributed by atoms with Crippen molar-refractivity contribution in [3.63, 3.8) is 0 Å². The Morgan fingerprint density at radius 2 is 0.479 bits per heavy atom. The molecule has 392 valence electrons. The van der Waals surface area contributed by atoms with Crippen molar-refractivity contribution in [3.8, 4) is 23.0 Å². The summed E-state index contributed by atoms with van der Waals surface area (Å²) in [7, 11) is 0. The predicted octanol–water partition coefficient (Wildman–Crippen LogP) is 8.82. The molecule has 73 heavy (non-hydrogen) atoms. The first-order valence-corrected chi connectivity index (χ1v) is 22.0. The Morgan fingerprint density at radius 3 is 0.644 bits per heavy atom. The highest BCUT2D eigenvalue weighted by Crippen LogP contribution is 2.24. The molecule has 0 saturated carbocycles. The molecule has 4 aromatic carbocycles. The molecule has 4 rings (SSSR count). The van der Waals surface area contributed by atoms with Crippen LogP contribution in [0.15, 0.2) is 97.1 Å². The highest BCUT2D eigenvalue weighted by Gasteiger charge is 2.40. The summed E-state index contributed by atoms with van der Waals surface area (Å²) in [5.74, 6) is -2.97. The molecule has 0 aliphatic carbocycles. The third-order valence-corrected chi connectivity index (χ3v) is 8.57. The minimum atomic E-state index is -2.30. The minimum Gasteiger partial charge on any atom is -0.491 e. The van der Waals surface area contributed by atoms with Crippen LogP contribution in [0.5, 0.6) is 23.0 Å². The third-order valence-electron chi connectivity index (χ3n) is 8.57. The summed E-state index contributed by atoms with van der Waals surface area (Å²) in [6.07, 6.45) is -7.62. The van der Waals surface area contributed by atoms with Crippen LogP contribution in [0.2, 0.25) is 0 Å². The van der Waals surface area contributed by atoms with Crippen LogP contribution in [0.4, 0.5) is 19.2 Å². The van der Waals surface area contributed by atoms with Gasteiger partial charge in [-0.25, -0.2) is 58.3 Å². The van der Waals surface area contributed by atoms with Crippen molar-refractivity contribution in [3.05, 3.63) is 119 Å². The molecule has 0 aromatic heterocycles. The smallest absolute Gasteiger partial charge is 0.491 e. The van der Waals surface area contributed by atoms with Crippen LogP contribution in [-0.2, 0) is 58.0 Å². The van der Waals surface area contributed by atoms with Crippen molar-refractivity contribution in [2.45, 2.75) is 79.8 Å². The summed E-state index contributed by atoms with van der Waals surface area (Å²) in [6, 6.07) is 22.1. The van der Waals surface area contributed by atoms with E-state index < -0.39 is 80.3 Å². The topological polar surface area (TPSA) is 284 Å². The predicted molar refractivity (Wildman–Crippen MR) is 243 cm³/mol. The molecule has 0 unspecified atom stereocenters. The maximum Gasteiger partial charge on any atom is 0.549 e. The van der Waals surface area contributed by atoms with Crippen LogP contribution in [0.3, 0.4) is 0 Å². The van der Waals surface area contributed by atoms with Gasteiger partial charge in [-0.3, -0.25) is 0 Å². The number of carbonyl (C=O) groups is 8. The summed E-state index contributed by atoms with van der Waals surface area (Å²) in [6.45, 7) is 9.76. The molecule has 0 heterocycles. The number of rotatable bonds is 20. The van der Waals surface area contributed by atoms with Gasteiger partial charge in [-0.2, -0.15) is 19.2 Å². The van der Waals surface area contributed by atoms with E-state index in [1.807, 2.05) is 0 Å². The maximum atomic E-state index is 12.8. The molecule has 0 bridgehead atoms. The van der Waals surface area contributed by atoms with Gasteiger partial charge in [0, 0.05) is 0 Å². The van der Waals surface area contributed by atoms with Crippen molar-refractivity contribution in [2.75, 3.05) is 26.4 Å². The summed E-state index contributed by atoms with van der Waals surface area (Å²) in [5, 5.41) is 0. The van der Waals surface area contributed by atoms with Crippen LogP contribution < -0.4 is 18.9 Å². The number of benzene rings is 4. The fourth-order valence-corrected chi connectivity index (χ4v) is 5.44. The van der Waals surface area contributed by atoms with Gasteiger partial charge < -0.3 is 37.9 Å². The first-order chi connectivity index (χ1) is 34.7. The molecule has 0 fully saturated rings. The Labute approximate surface area is 417 Å². The zero-order valence-electron chi connectivity index (χ0n) is 40.7. The number of carbonyl (C=O) groups excluding carboxylic acids is 8. The summed E-state index contributed by atoms with van der Waals surface area (Å²) in [5.41, 5.74) is -2.64. The Bertz CT molecular complexity index is 2120. The van der Waals surface area contributed by atoms with E-state index >= 15 is 0 Å². The number of hydrogen-bond donors (Lipinski definition) is 0. The molecule has 0 aliphatic heterocycles. The molecular weight excluding hydrogens is 973 g/mol. The molecule has 0 radical (unpaired) electrons. The SMILES string of the molecule is CC(C)Oc1ccc(C(=O)OOC(=O)OCC(COC(=O)OOC(=O)c2ccc(OC(C)C)cc2)(COC(=O)OOC(=O)c2ccc(OC(C)C)cc2)COC(=O)OOC(=O)c2ccc(OC(C)C)cc2)cc1. The Hall–Kier alpha value is -8.96.